The summed E-state index contributed by atoms with van der Waals surface area (Å²) in [5, 5.41) is 4.13. The highest BCUT2D eigenvalue weighted by atomic mass is 32.2. The van der Waals surface area contributed by atoms with Crippen molar-refractivity contribution in [1.82, 2.24) is 10.1 Å². The Bertz CT molecular complexity index is 1060. The van der Waals surface area contributed by atoms with Crippen molar-refractivity contribution in [3.63, 3.8) is 0 Å². The molecule has 0 radical (unpaired) electrons. The number of benzene rings is 2. The molecule has 1 amide bonds. The molecule has 0 spiro atoms. The van der Waals surface area contributed by atoms with Gasteiger partial charge in [0.05, 0.1) is 19.1 Å². The van der Waals surface area contributed by atoms with Crippen molar-refractivity contribution >= 4 is 23.4 Å². The SMILES string of the molecule is COc1cc(-c2noc(C3CC(=O)N(c4ccc(SC)cc4)C3)n2)ccc1OC(C)C. The standard InChI is InChI=1S/C23H25N3O4S/c1-14(2)29-19-10-5-15(11-20(19)28-3)22-24-23(30-25-22)16-12-21(27)26(13-16)17-6-8-18(31-4)9-7-17/h5-11,14,16H,12-13H2,1-4H3. The first kappa shape index (κ1) is 21.2. The van der Waals surface area contributed by atoms with Crippen LogP contribution in [-0.2, 0) is 4.79 Å². The predicted octanol–water partition coefficient (Wildman–Crippen LogP) is 4.77. The highest BCUT2D eigenvalue weighted by molar-refractivity contribution is 7.98. The Morgan fingerprint density at radius 3 is 2.61 bits per heavy atom. The van der Waals surface area contributed by atoms with Gasteiger partial charge in [0.15, 0.2) is 11.5 Å². The Morgan fingerprint density at radius 1 is 1.16 bits per heavy atom. The van der Waals surface area contributed by atoms with Gasteiger partial charge < -0.3 is 18.9 Å². The van der Waals surface area contributed by atoms with E-state index in [1.807, 2.05) is 62.6 Å². The smallest absolute Gasteiger partial charge is 0.232 e. The first-order chi connectivity index (χ1) is 15.0. The molecule has 7 nitrogen and oxygen atoms in total. The average Bonchev–Trinajstić information content (AvgIpc) is 3.41. The summed E-state index contributed by atoms with van der Waals surface area (Å²) in [6.45, 7) is 4.44. The van der Waals surface area contributed by atoms with Gasteiger partial charge in [0.25, 0.3) is 0 Å². The van der Waals surface area contributed by atoms with Crippen molar-refractivity contribution in [2.75, 3.05) is 24.8 Å². The van der Waals surface area contributed by atoms with E-state index in [0.29, 0.717) is 36.2 Å². The van der Waals surface area contributed by atoms with Gasteiger partial charge in [0, 0.05) is 29.1 Å². The number of carbonyl (C=O) groups is 1. The van der Waals surface area contributed by atoms with Crippen LogP contribution in [0.15, 0.2) is 51.9 Å². The Labute approximate surface area is 185 Å². The summed E-state index contributed by atoms with van der Waals surface area (Å²) < 4.78 is 16.7. The van der Waals surface area contributed by atoms with E-state index in [2.05, 4.69) is 10.1 Å². The molecule has 2 heterocycles. The number of hydrogen-bond donors (Lipinski definition) is 0. The molecule has 0 bridgehead atoms. The van der Waals surface area contributed by atoms with E-state index < -0.39 is 0 Å². The van der Waals surface area contributed by atoms with Crippen LogP contribution < -0.4 is 14.4 Å². The summed E-state index contributed by atoms with van der Waals surface area (Å²) in [7, 11) is 1.60. The van der Waals surface area contributed by atoms with E-state index in [1.165, 1.54) is 0 Å². The number of carbonyl (C=O) groups excluding carboxylic acids is 1. The molecule has 0 N–H and O–H groups in total. The molecule has 1 unspecified atom stereocenters. The van der Waals surface area contributed by atoms with Crippen molar-refractivity contribution in [1.29, 1.82) is 0 Å². The Morgan fingerprint density at radius 2 is 1.94 bits per heavy atom. The Hall–Kier alpha value is -3.00. The molecule has 8 heteroatoms. The quantitative estimate of drug-likeness (QED) is 0.491. The number of thioether (sulfide) groups is 1. The van der Waals surface area contributed by atoms with Gasteiger partial charge >= 0.3 is 0 Å². The summed E-state index contributed by atoms with van der Waals surface area (Å²) in [5.41, 5.74) is 1.65. The zero-order valence-electron chi connectivity index (χ0n) is 18.0. The third-order valence-electron chi connectivity index (χ3n) is 5.08. The average molecular weight is 440 g/mol. The van der Waals surface area contributed by atoms with Gasteiger partial charge in [-0.3, -0.25) is 4.79 Å². The normalized spacial score (nSPS) is 16.2. The number of methoxy groups -OCH3 is 1. The maximum atomic E-state index is 12.6. The minimum atomic E-state index is -0.139. The fourth-order valence-corrected chi connectivity index (χ4v) is 3.97. The zero-order chi connectivity index (χ0) is 22.0. The highest BCUT2D eigenvalue weighted by Gasteiger charge is 2.35. The van der Waals surface area contributed by atoms with Crippen LogP contribution in [-0.4, -0.2) is 42.1 Å². The fourth-order valence-electron chi connectivity index (χ4n) is 3.56. The molecule has 31 heavy (non-hydrogen) atoms. The summed E-state index contributed by atoms with van der Waals surface area (Å²) in [5.74, 6) is 2.11. The van der Waals surface area contributed by atoms with Gasteiger partial charge in [-0.2, -0.15) is 4.98 Å². The molecular weight excluding hydrogens is 414 g/mol. The predicted molar refractivity (Wildman–Crippen MR) is 120 cm³/mol. The van der Waals surface area contributed by atoms with Gasteiger partial charge in [-0.05, 0) is 62.6 Å². The monoisotopic (exact) mass is 439 g/mol. The molecule has 1 saturated heterocycles. The summed E-state index contributed by atoms with van der Waals surface area (Å²) in [6.07, 6.45) is 2.41. The molecule has 3 aromatic rings. The molecule has 1 aromatic heterocycles. The molecule has 162 valence electrons. The molecule has 0 saturated carbocycles. The Balaban J connectivity index is 1.52. The minimum absolute atomic E-state index is 0.0382. The molecule has 0 aliphatic carbocycles. The molecule has 4 rings (SSSR count). The fraction of sp³-hybridized carbons (Fsp3) is 0.348. The summed E-state index contributed by atoms with van der Waals surface area (Å²) >= 11 is 1.67. The van der Waals surface area contributed by atoms with E-state index in [4.69, 9.17) is 14.0 Å². The van der Waals surface area contributed by atoms with Gasteiger partial charge in [0.2, 0.25) is 17.6 Å². The van der Waals surface area contributed by atoms with E-state index in [0.717, 1.165) is 16.1 Å². The maximum Gasteiger partial charge on any atom is 0.232 e. The van der Waals surface area contributed by atoms with Crippen LogP contribution in [0.5, 0.6) is 11.5 Å². The number of amides is 1. The first-order valence-corrected chi connectivity index (χ1v) is 11.3. The van der Waals surface area contributed by atoms with E-state index in [9.17, 15) is 4.79 Å². The van der Waals surface area contributed by atoms with Crippen LogP contribution in [0.25, 0.3) is 11.4 Å². The Kier molecular flexibility index (Phi) is 6.18. The number of rotatable bonds is 7. The lowest BCUT2D eigenvalue weighted by atomic mass is 10.1. The van der Waals surface area contributed by atoms with E-state index >= 15 is 0 Å². The van der Waals surface area contributed by atoms with Crippen LogP contribution in [0.3, 0.4) is 0 Å². The molecule has 1 fully saturated rings. The van der Waals surface area contributed by atoms with Crippen LogP contribution in [0.4, 0.5) is 5.69 Å². The second-order valence-corrected chi connectivity index (χ2v) is 8.47. The number of anilines is 1. The van der Waals surface area contributed by atoms with E-state index in [1.54, 1.807) is 23.8 Å². The molecule has 1 aliphatic heterocycles. The van der Waals surface area contributed by atoms with Crippen LogP contribution >= 0.6 is 11.8 Å². The van der Waals surface area contributed by atoms with Crippen molar-refractivity contribution in [2.24, 2.45) is 0 Å². The number of aromatic nitrogens is 2. The second kappa shape index (κ2) is 9.01. The van der Waals surface area contributed by atoms with Crippen molar-refractivity contribution < 1.29 is 18.8 Å². The molecule has 1 aliphatic rings. The first-order valence-electron chi connectivity index (χ1n) is 10.1. The molecule has 1 atom stereocenters. The lowest BCUT2D eigenvalue weighted by Gasteiger charge is -2.16. The van der Waals surface area contributed by atoms with Gasteiger partial charge in [0.1, 0.15) is 0 Å². The highest BCUT2D eigenvalue weighted by Crippen LogP contribution is 2.35. The second-order valence-electron chi connectivity index (χ2n) is 7.59. The zero-order valence-corrected chi connectivity index (χ0v) is 18.8. The lowest BCUT2D eigenvalue weighted by Crippen LogP contribution is -2.24. The summed E-state index contributed by atoms with van der Waals surface area (Å²) in [6, 6.07) is 13.5. The van der Waals surface area contributed by atoms with Gasteiger partial charge in [-0.25, -0.2) is 0 Å². The van der Waals surface area contributed by atoms with E-state index in [-0.39, 0.29) is 17.9 Å². The largest absolute Gasteiger partial charge is 0.493 e. The van der Waals surface area contributed by atoms with Crippen LogP contribution in [0.1, 0.15) is 32.1 Å². The van der Waals surface area contributed by atoms with Crippen LogP contribution in [0, 0.1) is 0 Å². The third-order valence-corrected chi connectivity index (χ3v) is 5.83. The van der Waals surface area contributed by atoms with Gasteiger partial charge in [-0.1, -0.05) is 5.16 Å². The number of ether oxygens (including phenoxy) is 2. The maximum absolute atomic E-state index is 12.6. The molecular formula is C23H25N3O4S. The number of nitrogens with zero attached hydrogens (tertiary/aromatic N) is 3. The van der Waals surface area contributed by atoms with Gasteiger partial charge in [-0.15, -0.1) is 11.8 Å². The van der Waals surface area contributed by atoms with Crippen LogP contribution in [0.2, 0.25) is 0 Å². The topological polar surface area (TPSA) is 77.7 Å². The lowest BCUT2D eigenvalue weighted by molar-refractivity contribution is -0.117. The summed E-state index contributed by atoms with van der Waals surface area (Å²) in [4.78, 5) is 20.1. The molecule has 2 aromatic carbocycles. The number of hydrogen-bond acceptors (Lipinski definition) is 7. The van der Waals surface area contributed by atoms with Crippen molar-refractivity contribution in [3.05, 3.63) is 48.4 Å². The third kappa shape index (κ3) is 4.54. The van der Waals surface area contributed by atoms with Crippen molar-refractivity contribution in [2.45, 2.75) is 37.2 Å². The minimum Gasteiger partial charge on any atom is -0.493 e. The van der Waals surface area contributed by atoms with Crippen molar-refractivity contribution in [3.8, 4) is 22.9 Å².